The molecule has 0 heteroatoms. The lowest BCUT2D eigenvalue weighted by Gasteiger charge is -2.02. The second kappa shape index (κ2) is 3.05. The van der Waals surface area contributed by atoms with Crippen LogP contribution in [0.4, 0.5) is 0 Å². The van der Waals surface area contributed by atoms with Crippen LogP contribution in [0, 0.1) is 0 Å². The van der Waals surface area contributed by atoms with Crippen molar-refractivity contribution in [2.24, 2.45) is 0 Å². The van der Waals surface area contributed by atoms with Crippen LogP contribution in [-0.4, -0.2) is 0 Å². The smallest absolute Gasteiger partial charge is 0.0314 e. The van der Waals surface area contributed by atoms with Crippen molar-refractivity contribution in [3.63, 3.8) is 0 Å². The van der Waals surface area contributed by atoms with Crippen LogP contribution in [0.5, 0.6) is 0 Å². The number of rotatable bonds is 0. The van der Waals surface area contributed by atoms with E-state index in [1.807, 2.05) is 0 Å². The van der Waals surface area contributed by atoms with Gasteiger partial charge in [-0.15, -0.1) is 0 Å². The first-order valence-corrected chi connectivity index (χ1v) is 4.05. The summed E-state index contributed by atoms with van der Waals surface area (Å²) >= 11 is 0. The Morgan fingerprint density at radius 2 is 1.90 bits per heavy atom. The first-order valence-electron chi connectivity index (χ1n) is 4.05. The van der Waals surface area contributed by atoms with E-state index in [4.69, 9.17) is 0 Å². The van der Waals surface area contributed by atoms with Crippen LogP contribution < -0.4 is 0 Å². The zero-order valence-electron chi connectivity index (χ0n) is 7.20. The van der Waals surface area contributed by atoms with Crippen molar-refractivity contribution in [2.45, 2.75) is 40.0 Å². The molecule has 0 spiro atoms. The highest BCUT2D eigenvalue weighted by Crippen LogP contribution is 2.22. The summed E-state index contributed by atoms with van der Waals surface area (Å²) < 4.78 is 0. The molecule has 0 aromatic carbocycles. The Kier molecular flexibility index (Phi) is 2.31. The zero-order chi connectivity index (χ0) is 7.56. The van der Waals surface area contributed by atoms with E-state index >= 15 is 0 Å². The highest BCUT2D eigenvalue weighted by atomic mass is 14.1. The van der Waals surface area contributed by atoms with Gasteiger partial charge < -0.3 is 0 Å². The third-order valence-electron chi connectivity index (χ3n) is 2.44. The predicted molar refractivity (Wildman–Crippen MR) is 46.0 cm³/mol. The summed E-state index contributed by atoms with van der Waals surface area (Å²) in [5.74, 6) is 0. The fraction of sp³-hybridized carbons (Fsp3) is 0.600. The van der Waals surface area contributed by atoms with Crippen LogP contribution in [0.3, 0.4) is 0 Å². The Labute approximate surface area is 63.6 Å². The maximum Gasteiger partial charge on any atom is -0.0314 e. The maximum atomic E-state index is 2.35. The molecule has 0 nitrogen and oxygen atoms in total. The van der Waals surface area contributed by atoms with Crippen molar-refractivity contribution in [3.8, 4) is 0 Å². The predicted octanol–water partition coefficient (Wildman–Crippen LogP) is 3.45. The van der Waals surface area contributed by atoms with Gasteiger partial charge in [-0.05, 0) is 45.6 Å². The van der Waals surface area contributed by atoms with Gasteiger partial charge in [-0.25, -0.2) is 0 Å². The second-order valence-corrected chi connectivity index (χ2v) is 3.18. The van der Waals surface area contributed by atoms with E-state index in [9.17, 15) is 0 Å². The van der Waals surface area contributed by atoms with Crippen molar-refractivity contribution in [1.29, 1.82) is 0 Å². The van der Waals surface area contributed by atoms with Crippen molar-refractivity contribution < 1.29 is 0 Å². The third-order valence-corrected chi connectivity index (χ3v) is 2.44. The molecule has 0 aromatic rings. The van der Waals surface area contributed by atoms with Crippen LogP contribution in [0.1, 0.15) is 40.0 Å². The molecule has 0 fully saturated rings. The maximum absolute atomic E-state index is 2.35. The molecule has 1 rings (SSSR count). The quantitative estimate of drug-likeness (QED) is 0.478. The lowest BCUT2D eigenvalue weighted by molar-refractivity contribution is 0.837. The van der Waals surface area contributed by atoms with Gasteiger partial charge in [0.2, 0.25) is 0 Å². The average Bonchev–Trinajstić information content (AvgIpc) is 2.04. The molecule has 10 heavy (non-hydrogen) atoms. The normalized spacial score (nSPS) is 20.5. The molecule has 0 saturated heterocycles. The van der Waals surface area contributed by atoms with Crippen LogP contribution in [0.25, 0.3) is 0 Å². The largest absolute Gasteiger partial charge is 0.0813 e. The summed E-state index contributed by atoms with van der Waals surface area (Å²) in [6.45, 7) is 6.69. The fourth-order valence-electron chi connectivity index (χ4n) is 1.36. The van der Waals surface area contributed by atoms with Gasteiger partial charge in [-0.2, -0.15) is 0 Å². The summed E-state index contributed by atoms with van der Waals surface area (Å²) in [5.41, 5.74) is 4.57. The van der Waals surface area contributed by atoms with Crippen LogP contribution in [0.15, 0.2) is 22.8 Å². The Balaban J connectivity index is 2.88. The second-order valence-electron chi connectivity index (χ2n) is 3.18. The first kappa shape index (κ1) is 7.59. The van der Waals surface area contributed by atoms with E-state index < -0.39 is 0 Å². The van der Waals surface area contributed by atoms with Gasteiger partial charge in [0, 0.05) is 0 Å². The van der Waals surface area contributed by atoms with E-state index in [2.05, 4.69) is 26.8 Å². The monoisotopic (exact) mass is 136 g/mol. The SMILES string of the molecule is CC1=CCCCC(C)=C1C. The molecule has 1 aliphatic rings. The van der Waals surface area contributed by atoms with E-state index in [1.165, 1.54) is 30.4 Å². The lowest BCUT2D eigenvalue weighted by atomic mass is 10.0. The van der Waals surface area contributed by atoms with Crippen LogP contribution in [-0.2, 0) is 0 Å². The molecule has 0 N–H and O–H groups in total. The highest BCUT2D eigenvalue weighted by Gasteiger charge is 2.02. The minimum absolute atomic E-state index is 1.26. The van der Waals surface area contributed by atoms with Gasteiger partial charge in [0.15, 0.2) is 0 Å². The van der Waals surface area contributed by atoms with Gasteiger partial charge in [0.05, 0.1) is 0 Å². The van der Waals surface area contributed by atoms with Crippen molar-refractivity contribution in [1.82, 2.24) is 0 Å². The molecule has 1 aliphatic carbocycles. The fourth-order valence-corrected chi connectivity index (χ4v) is 1.36. The van der Waals surface area contributed by atoms with Gasteiger partial charge in [-0.1, -0.05) is 17.2 Å². The summed E-state index contributed by atoms with van der Waals surface area (Å²) in [6, 6.07) is 0. The molecular weight excluding hydrogens is 120 g/mol. The Morgan fingerprint density at radius 1 is 1.20 bits per heavy atom. The van der Waals surface area contributed by atoms with Gasteiger partial charge in [0.1, 0.15) is 0 Å². The minimum Gasteiger partial charge on any atom is -0.0813 e. The number of hydrogen-bond donors (Lipinski definition) is 0. The molecule has 0 aromatic heterocycles. The number of hydrogen-bond acceptors (Lipinski definition) is 0. The molecule has 0 bridgehead atoms. The Morgan fingerprint density at radius 3 is 2.60 bits per heavy atom. The third kappa shape index (κ3) is 1.50. The molecule has 0 saturated carbocycles. The Hall–Kier alpha value is -0.520. The number of allylic oxidation sites excluding steroid dienone is 4. The molecular formula is C10H16. The molecule has 0 heterocycles. The molecule has 0 unspecified atom stereocenters. The molecule has 0 aliphatic heterocycles. The van der Waals surface area contributed by atoms with E-state index in [-0.39, 0.29) is 0 Å². The standard InChI is InChI=1S/C10H16/c1-8-6-4-5-7-9(2)10(8)3/h6H,4-5,7H2,1-3H3. The molecule has 0 amide bonds. The highest BCUT2D eigenvalue weighted by molar-refractivity contribution is 5.32. The van der Waals surface area contributed by atoms with Gasteiger partial charge >= 0.3 is 0 Å². The topological polar surface area (TPSA) is 0 Å². The van der Waals surface area contributed by atoms with Gasteiger partial charge in [-0.3, -0.25) is 0 Å². The average molecular weight is 136 g/mol. The Bertz CT molecular complexity index is 182. The summed E-state index contributed by atoms with van der Waals surface area (Å²) in [5, 5.41) is 0. The van der Waals surface area contributed by atoms with Crippen LogP contribution in [0.2, 0.25) is 0 Å². The summed E-state index contributed by atoms with van der Waals surface area (Å²) in [7, 11) is 0. The van der Waals surface area contributed by atoms with Crippen LogP contribution >= 0.6 is 0 Å². The van der Waals surface area contributed by atoms with Crippen molar-refractivity contribution >= 4 is 0 Å². The summed E-state index contributed by atoms with van der Waals surface area (Å²) in [6.07, 6.45) is 6.24. The van der Waals surface area contributed by atoms with E-state index in [0.717, 1.165) is 0 Å². The van der Waals surface area contributed by atoms with Gasteiger partial charge in [0.25, 0.3) is 0 Å². The van der Waals surface area contributed by atoms with Crippen molar-refractivity contribution in [3.05, 3.63) is 22.8 Å². The lowest BCUT2D eigenvalue weighted by Crippen LogP contribution is -1.82. The zero-order valence-corrected chi connectivity index (χ0v) is 7.20. The van der Waals surface area contributed by atoms with Crippen molar-refractivity contribution in [2.75, 3.05) is 0 Å². The van der Waals surface area contributed by atoms with E-state index in [1.54, 1.807) is 5.57 Å². The first-order chi connectivity index (χ1) is 4.72. The summed E-state index contributed by atoms with van der Waals surface area (Å²) in [4.78, 5) is 0. The molecule has 0 atom stereocenters. The molecule has 56 valence electrons. The van der Waals surface area contributed by atoms with E-state index in [0.29, 0.717) is 0 Å². The molecule has 0 radical (unpaired) electrons. The minimum atomic E-state index is 1.26.